The van der Waals surface area contributed by atoms with Gasteiger partial charge in [0.1, 0.15) is 11.4 Å². The number of hydrogen-bond donors (Lipinski definition) is 1. The van der Waals surface area contributed by atoms with Gasteiger partial charge in [-0.15, -0.1) is 0 Å². The van der Waals surface area contributed by atoms with Crippen molar-refractivity contribution in [3.63, 3.8) is 0 Å². The van der Waals surface area contributed by atoms with Crippen molar-refractivity contribution < 1.29 is 14.1 Å². The molecule has 1 amide bonds. The quantitative estimate of drug-likeness (QED) is 0.668. The van der Waals surface area contributed by atoms with Crippen molar-refractivity contribution in [2.45, 2.75) is 6.92 Å². The van der Waals surface area contributed by atoms with Gasteiger partial charge in [-0.2, -0.15) is 0 Å². The Balaban J connectivity index is 2.36. The summed E-state index contributed by atoms with van der Waals surface area (Å²) in [4.78, 5) is 22.3. The molecule has 0 aliphatic heterocycles. The minimum absolute atomic E-state index is 0.326. The van der Waals surface area contributed by atoms with Gasteiger partial charge in [0.2, 0.25) is 0 Å². The summed E-state index contributed by atoms with van der Waals surface area (Å²) in [5, 5.41) is 13.4. The molecule has 0 atom stereocenters. The van der Waals surface area contributed by atoms with E-state index in [1.165, 1.54) is 0 Å². The van der Waals surface area contributed by atoms with Gasteiger partial charge in [0.05, 0.1) is 10.6 Å². The summed E-state index contributed by atoms with van der Waals surface area (Å²) in [6.07, 6.45) is 0. The Bertz CT molecular complexity index is 734. The van der Waals surface area contributed by atoms with Gasteiger partial charge >= 0.3 is 0 Å². The molecule has 108 valence electrons. The first-order valence-corrected chi connectivity index (χ1v) is 6.69. The third kappa shape index (κ3) is 3.43. The van der Waals surface area contributed by atoms with Crippen LogP contribution in [0.4, 0.5) is 15.8 Å². The van der Waals surface area contributed by atoms with Crippen molar-refractivity contribution in [2.24, 2.45) is 0 Å². The predicted octanol–water partition coefficient (Wildman–Crippen LogP) is 4.06. The van der Waals surface area contributed by atoms with Crippen LogP contribution < -0.4 is 5.32 Å². The number of nitrogens with zero attached hydrogens (tertiary/aromatic N) is 1. The molecule has 0 saturated carbocycles. The Hall–Kier alpha value is -2.28. The van der Waals surface area contributed by atoms with Crippen molar-refractivity contribution >= 4 is 33.2 Å². The van der Waals surface area contributed by atoms with Crippen molar-refractivity contribution in [3.05, 3.63) is 67.9 Å². The second-order valence-corrected chi connectivity index (χ2v) is 5.21. The molecule has 0 saturated heterocycles. The average molecular weight is 353 g/mol. The van der Waals surface area contributed by atoms with E-state index in [0.717, 1.165) is 23.8 Å². The molecule has 0 spiro atoms. The molecule has 0 aliphatic carbocycles. The fourth-order valence-corrected chi connectivity index (χ4v) is 2.35. The number of anilines is 1. The van der Waals surface area contributed by atoms with E-state index in [-0.39, 0.29) is 5.56 Å². The summed E-state index contributed by atoms with van der Waals surface area (Å²) < 4.78 is 13.9. The molecule has 5 nitrogen and oxygen atoms in total. The van der Waals surface area contributed by atoms with Gasteiger partial charge in [-0.25, -0.2) is 4.39 Å². The van der Waals surface area contributed by atoms with Crippen LogP contribution in [0.5, 0.6) is 0 Å². The number of amides is 1. The molecule has 0 aromatic heterocycles. The average Bonchev–Trinajstić information content (AvgIpc) is 2.41. The van der Waals surface area contributed by atoms with E-state index in [9.17, 15) is 19.3 Å². The lowest BCUT2D eigenvalue weighted by atomic mass is 10.1. The van der Waals surface area contributed by atoms with E-state index in [0.29, 0.717) is 10.2 Å². The van der Waals surface area contributed by atoms with Crippen molar-refractivity contribution in [1.82, 2.24) is 0 Å². The van der Waals surface area contributed by atoms with Gasteiger partial charge in [-0.05, 0) is 52.7 Å². The smallest absolute Gasteiger partial charge is 0.282 e. The molecule has 2 aromatic carbocycles. The number of carbonyl (C=O) groups is 1. The minimum atomic E-state index is -0.745. The van der Waals surface area contributed by atoms with Crippen LogP contribution in [0.3, 0.4) is 0 Å². The van der Waals surface area contributed by atoms with E-state index >= 15 is 0 Å². The van der Waals surface area contributed by atoms with Crippen LogP contribution in [0.2, 0.25) is 0 Å². The highest BCUT2D eigenvalue weighted by Gasteiger charge is 2.21. The number of carbonyl (C=O) groups excluding carboxylic acids is 1. The monoisotopic (exact) mass is 352 g/mol. The van der Waals surface area contributed by atoms with Gasteiger partial charge in [0.25, 0.3) is 11.6 Å². The highest BCUT2D eigenvalue weighted by atomic mass is 79.9. The molecule has 0 radical (unpaired) electrons. The summed E-state index contributed by atoms with van der Waals surface area (Å²) in [7, 11) is 0. The molecular weight excluding hydrogens is 343 g/mol. The fraction of sp³-hybridized carbons (Fsp3) is 0.0714. The summed E-state index contributed by atoms with van der Waals surface area (Å²) >= 11 is 3.29. The highest BCUT2D eigenvalue weighted by Crippen LogP contribution is 2.26. The Morgan fingerprint density at radius 3 is 2.62 bits per heavy atom. The van der Waals surface area contributed by atoms with Crippen LogP contribution in [0.15, 0.2) is 40.9 Å². The molecule has 0 aliphatic rings. The minimum Gasteiger partial charge on any atom is -0.321 e. The SMILES string of the molecule is Cc1ccc(NC(=O)c2cc(F)ccc2[N+](=O)[O-])c(Br)c1. The first-order chi connectivity index (χ1) is 9.88. The van der Waals surface area contributed by atoms with Gasteiger partial charge in [0.15, 0.2) is 0 Å². The lowest BCUT2D eigenvalue weighted by Crippen LogP contribution is -2.14. The zero-order valence-corrected chi connectivity index (χ0v) is 12.5. The van der Waals surface area contributed by atoms with Crippen LogP contribution in [0.1, 0.15) is 15.9 Å². The normalized spacial score (nSPS) is 10.2. The third-order valence-electron chi connectivity index (χ3n) is 2.77. The maximum Gasteiger partial charge on any atom is 0.282 e. The van der Waals surface area contributed by atoms with Gasteiger partial charge in [0, 0.05) is 10.5 Å². The summed E-state index contributed by atoms with van der Waals surface area (Å²) in [5.74, 6) is -1.46. The predicted molar refractivity (Wildman–Crippen MR) is 79.9 cm³/mol. The highest BCUT2D eigenvalue weighted by molar-refractivity contribution is 9.10. The first-order valence-electron chi connectivity index (χ1n) is 5.90. The first kappa shape index (κ1) is 15.1. The Morgan fingerprint density at radius 1 is 1.29 bits per heavy atom. The van der Waals surface area contributed by atoms with E-state index < -0.39 is 22.3 Å². The molecule has 0 unspecified atom stereocenters. The summed E-state index contributed by atoms with van der Waals surface area (Å²) in [6.45, 7) is 1.88. The largest absolute Gasteiger partial charge is 0.321 e. The number of nitrogens with one attached hydrogen (secondary N) is 1. The van der Waals surface area contributed by atoms with Crippen molar-refractivity contribution in [1.29, 1.82) is 0 Å². The molecule has 2 rings (SSSR count). The van der Waals surface area contributed by atoms with E-state index in [4.69, 9.17) is 0 Å². The number of hydrogen-bond acceptors (Lipinski definition) is 3. The second-order valence-electron chi connectivity index (χ2n) is 4.36. The fourth-order valence-electron chi connectivity index (χ4n) is 1.76. The van der Waals surface area contributed by atoms with Crippen LogP contribution in [0.25, 0.3) is 0 Å². The van der Waals surface area contributed by atoms with E-state index in [1.54, 1.807) is 18.2 Å². The van der Waals surface area contributed by atoms with Crippen LogP contribution >= 0.6 is 15.9 Å². The topological polar surface area (TPSA) is 72.2 Å². The van der Waals surface area contributed by atoms with Crippen LogP contribution in [0, 0.1) is 22.9 Å². The number of halogens is 2. The number of nitro groups is 1. The Labute approximate surface area is 128 Å². The zero-order valence-electron chi connectivity index (χ0n) is 10.9. The molecule has 7 heteroatoms. The molecule has 2 aromatic rings. The summed E-state index contributed by atoms with van der Waals surface area (Å²) in [6, 6.07) is 7.97. The number of benzene rings is 2. The van der Waals surface area contributed by atoms with Crippen molar-refractivity contribution in [3.8, 4) is 0 Å². The maximum atomic E-state index is 13.2. The Kier molecular flexibility index (Phi) is 4.32. The van der Waals surface area contributed by atoms with Crippen LogP contribution in [-0.4, -0.2) is 10.8 Å². The molecular formula is C14H10BrFN2O3. The third-order valence-corrected chi connectivity index (χ3v) is 3.43. The number of rotatable bonds is 3. The maximum absolute atomic E-state index is 13.2. The zero-order chi connectivity index (χ0) is 15.6. The number of aryl methyl sites for hydroxylation is 1. The van der Waals surface area contributed by atoms with Gasteiger partial charge in [-0.1, -0.05) is 6.07 Å². The second kappa shape index (κ2) is 6.01. The molecule has 0 heterocycles. The van der Waals surface area contributed by atoms with Gasteiger partial charge < -0.3 is 5.32 Å². The van der Waals surface area contributed by atoms with Crippen molar-refractivity contribution in [2.75, 3.05) is 5.32 Å². The van der Waals surface area contributed by atoms with E-state index in [1.807, 2.05) is 6.92 Å². The van der Waals surface area contributed by atoms with E-state index in [2.05, 4.69) is 21.2 Å². The number of nitro benzene ring substituents is 1. The molecule has 0 fully saturated rings. The standard InChI is InChI=1S/C14H10BrFN2O3/c1-8-2-4-12(11(15)6-8)17-14(19)10-7-9(16)3-5-13(10)18(20)21/h2-7H,1H3,(H,17,19). The van der Waals surface area contributed by atoms with Gasteiger partial charge in [-0.3, -0.25) is 14.9 Å². The molecule has 21 heavy (non-hydrogen) atoms. The molecule has 1 N–H and O–H groups in total. The Morgan fingerprint density at radius 2 is 2.00 bits per heavy atom. The lowest BCUT2D eigenvalue weighted by Gasteiger charge is -2.08. The van der Waals surface area contributed by atoms with Crippen LogP contribution in [-0.2, 0) is 0 Å². The molecule has 0 bridgehead atoms. The summed E-state index contributed by atoms with van der Waals surface area (Å²) in [5.41, 5.74) is 0.658. The lowest BCUT2D eigenvalue weighted by molar-refractivity contribution is -0.385.